The van der Waals surface area contributed by atoms with Crippen LogP contribution in [0.3, 0.4) is 0 Å². The number of esters is 1. The number of amides is 5. The lowest BCUT2D eigenvalue weighted by molar-refractivity contribution is -0.159. The van der Waals surface area contributed by atoms with Gasteiger partial charge in [-0.3, -0.25) is 33.6 Å². The van der Waals surface area contributed by atoms with Crippen LogP contribution in [0.5, 0.6) is 5.75 Å². The predicted octanol–water partition coefficient (Wildman–Crippen LogP) is 3.27. The van der Waals surface area contributed by atoms with E-state index in [1.54, 1.807) is 56.1 Å². The Morgan fingerprint density at radius 1 is 0.849 bits per heavy atom. The molecule has 0 saturated carbocycles. The number of anilines is 1. The van der Waals surface area contributed by atoms with Gasteiger partial charge in [-0.1, -0.05) is 49.4 Å². The van der Waals surface area contributed by atoms with Crippen molar-refractivity contribution in [2.24, 2.45) is 23.7 Å². The van der Waals surface area contributed by atoms with Gasteiger partial charge in [-0.15, -0.1) is 0 Å². The number of hydrogen-bond acceptors (Lipinski definition) is 14. The second-order valence-electron chi connectivity index (χ2n) is 20.5. The van der Waals surface area contributed by atoms with Gasteiger partial charge in [-0.05, 0) is 87.0 Å². The van der Waals surface area contributed by atoms with Crippen LogP contribution < -0.4 is 15.5 Å². The summed E-state index contributed by atoms with van der Waals surface area (Å²) < 4.78 is 6.03. The Bertz CT molecular complexity index is 2540. The maximum atomic E-state index is 15.7. The molecule has 3 N–H and O–H groups in total. The average Bonchev–Trinajstić information content (AvgIpc) is 3.90. The number of cyclic esters (lactones) is 1. The summed E-state index contributed by atoms with van der Waals surface area (Å²) in [5.74, 6) is -7.09. The Kier molecular flexibility index (Phi) is 16.9. The van der Waals surface area contributed by atoms with Crippen molar-refractivity contribution in [2.45, 2.75) is 94.3 Å². The second kappa shape index (κ2) is 23.3. The fourth-order valence-corrected chi connectivity index (χ4v) is 12.6. The molecule has 5 amide bonds. The number of nitrogens with zero attached hydrogens (tertiary/aromatic N) is 6. The highest BCUT2D eigenvalue weighted by atomic mass is 32.2. The molecule has 4 bridgehead atoms. The molecule has 6 fully saturated rings. The van der Waals surface area contributed by atoms with Crippen molar-refractivity contribution < 1.29 is 48.2 Å². The number of Topliss-reactive ketones (excluding diaryl/α,β-unsaturated/α-hetero) is 2. The van der Waals surface area contributed by atoms with E-state index in [4.69, 9.17) is 4.74 Å². The van der Waals surface area contributed by atoms with Gasteiger partial charge in [-0.25, -0.2) is 9.78 Å². The number of piperidine rings is 4. The molecule has 6 aliphatic heterocycles. The van der Waals surface area contributed by atoms with Gasteiger partial charge >= 0.3 is 5.97 Å². The number of carbonyl (C=O) groups is 8. The Balaban J connectivity index is 1.17. The van der Waals surface area contributed by atoms with E-state index in [1.165, 1.54) is 40.0 Å². The molecule has 0 aliphatic carbocycles. The first-order valence-corrected chi connectivity index (χ1v) is 26.6. The molecule has 18 nitrogen and oxygen atoms in total. The normalized spacial score (nSPS) is 29.6. The van der Waals surface area contributed by atoms with Crippen LogP contribution in [0.25, 0.3) is 0 Å². The van der Waals surface area contributed by atoms with Crippen LogP contribution in [-0.2, 0) is 44.7 Å². The molecule has 6 saturated heterocycles. The minimum atomic E-state index is -1.53. The van der Waals surface area contributed by atoms with Gasteiger partial charge < -0.3 is 45.0 Å². The van der Waals surface area contributed by atoms with E-state index in [0.29, 0.717) is 22.5 Å². The molecule has 0 spiro atoms. The summed E-state index contributed by atoms with van der Waals surface area (Å²) in [5.41, 5.74) is 1.67. The van der Waals surface area contributed by atoms with E-state index in [-0.39, 0.29) is 62.7 Å². The number of likely N-dealkylation sites (N-methyl/N-ethyl adjacent to an activating group) is 1. The second-order valence-corrected chi connectivity index (χ2v) is 21.7. The number of rotatable bonds is 11. The summed E-state index contributed by atoms with van der Waals surface area (Å²) in [7, 11) is 5.39. The third-order valence-corrected chi connectivity index (χ3v) is 17.1. The molecule has 9 atom stereocenters. The number of hydrogen-bond donors (Lipinski definition) is 3. The Labute approximate surface area is 430 Å². The molecule has 390 valence electrons. The summed E-state index contributed by atoms with van der Waals surface area (Å²) in [4.78, 5) is 130. The number of aromatic hydroxyl groups is 1. The number of pyridine rings is 1. The predicted molar refractivity (Wildman–Crippen MR) is 273 cm³/mol. The fraction of sp³-hybridized carbons (Fsp3) is 0.537. The maximum absolute atomic E-state index is 15.7. The lowest BCUT2D eigenvalue weighted by Crippen LogP contribution is -2.62. The van der Waals surface area contributed by atoms with Gasteiger partial charge in [0.25, 0.3) is 0 Å². The van der Waals surface area contributed by atoms with Gasteiger partial charge in [0.2, 0.25) is 29.5 Å². The zero-order chi connectivity index (χ0) is 52.1. The van der Waals surface area contributed by atoms with Crippen LogP contribution >= 0.6 is 11.8 Å². The molecule has 3 aromatic rings. The minimum Gasteiger partial charge on any atom is -0.506 e. The summed E-state index contributed by atoms with van der Waals surface area (Å²) in [6.07, 6.45) is 1.70. The highest BCUT2D eigenvalue weighted by Crippen LogP contribution is 2.37. The third-order valence-electron chi connectivity index (χ3n) is 15.5. The van der Waals surface area contributed by atoms with Crippen LogP contribution in [0.15, 0.2) is 72.9 Å². The van der Waals surface area contributed by atoms with Gasteiger partial charge in [0.15, 0.2) is 11.8 Å². The average molecular weight is 1020 g/mol. The van der Waals surface area contributed by atoms with Crippen molar-refractivity contribution in [2.75, 3.05) is 71.1 Å². The summed E-state index contributed by atoms with van der Waals surface area (Å²) in [6.45, 7) is 6.28. The van der Waals surface area contributed by atoms with E-state index in [0.717, 1.165) is 43.7 Å². The van der Waals surface area contributed by atoms with Crippen molar-refractivity contribution in [3.05, 3.63) is 89.7 Å². The summed E-state index contributed by atoms with van der Waals surface area (Å²) in [6, 6.07) is 13.4. The Hall–Kier alpha value is -6.34. The third kappa shape index (κ3) is 12.0. The first kappa shape index (κ1) is 53.0. The highest BCUT2D eigenvalue weighted by Gasteiger charge is 2.47. The standard InChI is InChI=1S/C54H68N8O10S/c1-6-40-52(69)61-24-20-36(28-61)51(68)59(5)42(25-33-14-16-38(17-15-33)58(3)4)53(70)62-29-37(31-73-46-30-60-22-18-34(46)19-23-60)44(64)27-41(62)50(67)57-47(35-11-8-7-9-12-35)54(71)72-32(2)39(49(66)56-40)26-45(65)48-43(63)13-10-21-55-48/h7-17,21,32,34,36-37,39-42,46-47,63H,6,18-20,22-31H2,1-5H3,(H,56,66)(H,57,67)/t32-,36-,37?,39+,40-,41+,42+,46?,47+/m1/s1. The number of ketones is 2. The molecule has 2 unspecified atom stereocenters. The van der Waals surface area contributed by atoms with Crippen molar-refractivity contribution >= 4 is 64.5 Å². The first-order valence-electron chi connectivity index (χ1n) is 25.5. The Morgan fingerprint density at radius 2 is 1.58 bits per heavy atom. The summed E-state index contributed by atoms with van der Waals surface area (Å²) >= 11 is 1.74. The van der Waals surface area contributed by atoms with Gasteiger partial charge in [0.1, 0.15) is 41.5 Å². The van der Waals surface area contributed by atoms with Crippen molar-refractivity contribution in [1.82, 2.24) is 35.2 Å². The summed E-state index contributed by atoms with van der Waals surface area (Å²) in [5, 5.41) is 16.4. The number of fused-ring (bicyclic) bond motifs is 6. The van der Waals surface area contributed by atoms with Crippen molar-refractivity contribution in [3.63, 3.8) is 0 Å². The van der Waals surface area contributed by atoms with Crippen LogP contribution in [0.4, 0.5) is 5.69 Å². The molecule has 73 heavy (non-hydrogen) atoms. The molecule has 7 heterocycles. The minimum absolute atomic E-state index is 0.00467. The van der Waals surface area contributed by atoms with E-state index in [9.17, 15) is 33.9 Å². The molecular weight excluding hydrogens is 953 g/mol. The van der Waals surface area contributed by atoms with Crippen LogP contribution in [0, 0.1) is 23.7 Å². The van der Waals surface area contributed by atoms with E-state index in [2.05, 4.69) is 20.5 Å². The smallest absolute Gasteiger partial charge is 0.333 e. The van der Waals surface area contributed by atoms with E-state index < -0.39 is 95.6 Å². The highest BCUT2D eigenvalue weighted by molar-refractivity contribution is 8.00. The molecule has 19 heteroatoms. The molecule has 9 rings (SSSR count). The van der Waals surface area contributed by atoms with Gasteiger partial charge in [0, 0.05) is 95.4 Å². The van der Waals surface area contributed by atoms with Crippen LogP contribution in [0.2, 0.25) is 0 Å². The van der Waals surface area contributed by atoms with E-state index >= 15 is 9.59 Å². The number of carbonyl (C=O) groups excluding carboxylic acids is 8. The first-order chi connectivity index (χ1) is 35.0. The SMILES string of the molecule is CC[C@H]1NC(=O)[C@@H](CC(=O)c2ncccc2O)[C@@H](C)OC(=O)[C@H](c2ccccc2)NC(=O)[C@@H]2CC(=O)C(CSC3CN4CCC3CC4)CN2C(=O)[C@H](Cc2ccc(N(C)C)cc2)N(C)C(=O)[C@@H]2CCN(C2)C1=O. The molecule has 1 aromatic heterocycles. The monoisotopic (exact) mass is 1020 g/mol. The number of thioether (sulfide) groups is 1. The molecule has 0 radical (unpaired) electrons. The van der Waals surface area contributed by atoms with E-state index in [1.807, 2.05) is 43.3 Å². The zero-order valence-corrected chi connectivity index (χ0v) is 43.1. The topological polar surface area (TPSA) is 219 Å². The zero-order valence-electron chi connectivity index (χ0n) is 42.3. The molecule has 6 aliphatic rings. The number of nitrogens with one attached hydrogen (secondary N) is 2. The van der Waals surface area contributed by atoms with Gasteiger partial charge in [-0.2, -0.15) is 11.8 Å². The quantitative estimate of drug-likeness (QED) is 0.186. The van der Waals surface area contributed by atoms with Gasteiger partial charge in [0.05, 0.1) is 11.8 Å². The van der Waals surface area contributed by atoms with Crippen molar-refractivity contribution in [3.8, 4) is 5.75 Å². The maximum Gasteiger partial charge on any atom is 0.333 e. The number of ether oxygens (including phenoxy) is 1. The van der Waals surface area contributed by atoms with Crippen LogP contribution in [0.1, 0.15) is 80.0 Å². The molecular formula is C54H68N8O10S. The van der Waals surface area contributed by atoms with Crippen LogP contribution in [-0.4, -0.2) is 172 Å². The lowest BCUT2D eigenvalue weighted by Gasteiger charge is -2.45. The largest absolute Gasteiger partial charge is 0.506 e. The lowest BCUT2D eigenvalue weighted by atomic mass is 9.88. The number of benzene rings is 2. The fourth-order valence-electron chi connectivity index (χ4n) is 10.9. The van der Waals surface area contributed by atoms with Crippen molar-refractivity contribution in [1.29, 1.82) is 0 Å². The number of aromatic nitrogens is 1. The molecule has 2 aromatic carbocycles. The Morgan fingerprint density at radius 3 is 2.23 bits per heavy atom.